The molecular formula is C15H20N6O5S. The fourth-order valence-electron chi connectivity index (χ4n) is 2.19. The zero-order valence-corrected chi connectivity index (χ0v) is 15.5. The van der Waals surface area contributed by atoms with Crippen molar-refractivity contribution in [2.75, 3.05) is 17.2 Å². The average Bonchev–Trinajstić information content (AvgIpc) is 2.51. The minimum absolute atomic E-state index is 0.0453. The van der Waals surface area contributed by atoms with Crippen LogP contribution in [0.5, 0.6) is 5.88 Å². The summed E-state index contributed by atoms with van der Waals surface area (Å²) in [6.45, 7) is 3.37. The summed E-state index contributed by atoms with van der Waals surface area (Å²) in [5.41, 5.74) is 16.5. The lowest BCUT2D eigenvalue weighted by Gasteiger charge is -2.11. The van der Waals surface area contributed by atoms with Gasteiger partial charge in [-0.15, -0.1) is 0 Å². The van der Waals surface area contributed by atoms with Gasteiger partial charge in [0, 0.05) is 24.2 Å². The van der Waals surface area contributed by atoms with Crippen molar-refractivity contribution in [2.24, 2.45) is 0 Å². The molecule has 0 atom stereocenters. The number of hydrogen-bond acceptors (Lipinski definition) is 9. The Kier molecular flexibility index (Phi) is 6.75. The first-order chi connectivity index (χ1) is 12.4. The van der Waals surface area contributed by atoms with Crippen LogP contribution >= 0.6 is 0 Å². The molecule has 2 aromatic rings. The van der Waals surface area contributed by atoms with Gasteiger partial charge in [0.05, 0.1) is 5.69 Å². The highest BCUT2D eigenvalue weighted by molar-refractivity contribution is 7.85. The number of nitrogens with two attached hydrogens (primary N) is 3. The first-order valence-electron chi connectivity index (χ1n) is 7.50. The Balaban J connectivity index is 0.000000289. The van der Waals surface area contributed by atoms with Crippen LogP contribution in [-0.4, -0.2) is 27.6 Å². The third-order valence-electron chi connectivity index (χ3n) is 3.46. The van der Waals surface area contributed by atoms with Crippen LogP contribution in [0.4, 0.5) is 17.3 Å². The molecule has 12 heteroatoms. The van der Waals surface area contributed by atoms with E-state index in [1.54, 1.807) is 6.92 Å². The molecule has 0 saturated heterocycles. The molecule has 2 aromatic heterocycles. The van der Waals surface area contributed by atoms with E-state index in [-0.39, 0.29) is 35.0 Å². The van der Waals surface area contributed by atoms with Gasteiger partial charge in [-0.1, -0.05) is 0 Å². The molecule has 0 fully saturated rings. The number of nitriles is 1. The number of anilines is 3. The van der Waals surface area contributed by atoms with Crippen molar-refractivity contribution in [2.45, 2.75) is 26.1 Å². The van der Waals surface area contributed by atoms with E-state index in [4.69, 9.17) is 27.0 Å². The van der Waals surface area contributed by atoms with Crippen molar-refractivity contribution in [3.8, 4) is 11.9 Å². The van der Waals surface area contributed by atoms with Gasteiger partial charge in [0.25, 0.3) is 15.7 Å². The Morgan fingerprint density at radius 1 is 1.30 bits per heavy atom. The molecule has 146 valence electrons. The summed E-state index contributed by atoms with van der Waals surface area (Å²) in [5.74, 6) is -0.820. The Bertz CT molecular complexity index is 1030. The van der Waals surface area contributed by atoms with Gasteiger partial charge in [-0.2, -0.15) is 13.7 Å². The number of nitrogen functional groups attached to an aromatic ring is 3. The molecule has 8 N–H and O–H groups in total. The smallest absolute Gasteiger partial charge is 0.269 e. The second-order valence-corrected chi connectivity index (χ2v) is 6.90. The van der Waals surface area contributed by atoms with Gasteiger partial charge < -0.3 is 22.3 Å². The minimum atomic E-state index is -4.24. The van der Waals surface area contributed by atoms with Gasteiger partial charge in [-0.25, -0.2) is 4.98 Å². The van der Waals surface area contributed by atoms with E-state index in [1.807, 2.05) is 6.07 Å². The summed E-state index contributed by atoms with van der Waals surface area (Å²) < 4.78 is 31.3. The minimum Gasteiger partial charge on any atom is -0.494 e. The van der Waals surface area contributed by atoms with Gasteiger partial charge in [-0.05, 0) is 19.4 Å². The number of aromatic nitrogens is 2. The first-order valence-corrected chi connectivity index (χ1v) is 9.11. The van der Waals surface area contributed by atoms with Crippen molar-refractivity contribution in [3.05, 3.63) is 39.2 Å². The van der Waals surface area contributed by atoms with Gasteiger partial charge >= 0.3 is 0 Å². The van der Waals surface area contributed by atoms with Crippen molar-refractivity contribution >= 4 is 27.4 Å². The summed E-state index contributed by atoms with van der Waals surface area (Å²) in [6, 6.07) is 4.45. The van der Waals surface area contributed by atoms with Crippen LogP contribution in [0.25, 0.3) is 0 Å². The Morgan fingerprint density at radius 2 is 1.89 bits per heavy atom. The summed E-state index contributed by atoms with van der Waals surface area (Å²) in [4.78, 5) is 15.1. The molecule has 0 unspecified atom stereocenters. The maximum absolute atomic E-state index is 11.4. The molecule has 0 aliphatic carbocycles. The lowest BCUT2D eigenvalue weighted by molar-refractivity contribution is 0.403. The molecule has 0 saturated carbocycles. The largest absolute Gasteiger partial charge is 0.494 e. The normalized spacial score (nSPS) is 10.6. The van der Waals surface area contributed by atoms with Gasteiger partial charge in [0.15, 0.2) is 5.88 Å². The maximum atomic E-state index is 11.4. The molecule has 0 spiro atoms. The highest BCUT2D eigenvalue weighted by atomic mass is 32.2. The van der Waals surface area contributed by atoms with Gasteiger partial charge in [0.1, 0.15) is 29.0 Å². The summed E-state index contributed by atoms with van der Waals surface area (Å²) >= 11 is 0. The van der Waals surface area contributed by atoms with Crippen molar-refractivity contribution in [1.29, 1.82) is 5.26 Å². The van der Waals surface area contributed by atoms with Crippen LogP contribution in [0.2, 0.25) is 0 Å². The average molecular weight is 396 g/mol. The van der Waals surface area contributed by atoms with E-state index in [0.717, 1.165) is 4.57 Å². The van der Waals surface area contributed by atoms with Crippen molar-refractivity contribution < 1.29 is 18.1 Å². The lowest BCUT2D eigenvalue weighted by Crippen LogP contribution is -2.21. The molecular weight excluding hydrogens is 376 g/mol. The first kappa shape index (κ1) is 21.7. The predicted molar refractivity (Wildman–Crippen MR) is 100 cm³/mol. The molecule has 0 amide bonds. The number of aryl methyl sites for hydroxylation is 1. The van der Waals surface area contributed by atoms with Gasteiger partial charge in [0.2, 0.25) is 0 Å². The van der Waals surface area contributed by atoms with Crippen LogP contribution in [0, 0.1) is 18.3 Å². The van der Waals surface area contributed by atoms with Crippen LogP contribution in [-0.2, 0) is 22.4 Å². The van der Waals surface area contributed by atoms with Crippen LogP contribution in [0.1, 0.15) is 23.6 Å². The molecule has 0 aliphatic heterocycles. The molecule has 2 rings (SSSR count). The highest BCUT2D eigenvalue weighted by Crippen LogP contribution is 2.21. The topological polar surface area (TPSA) is 211 Å². The zero-order chi connectivity index (χ0) is 20.9. The summed E-state index contributed by atoms with van der Waals surface area (Å²) in [5, 5.41) is 18.2. The number of rotatable bonds is 3. The fourth-order valence-corrected chi connectivity index (χ4v) is 2.91. The van der Waals surface area contributed by atoms with E-state index in [1.165, 1.54) is 19.1 Å². The van der Waals surface area contributed by atoms with Crippen LogP contribution in [0.15, 0.2) is 16.9 Å². The maximum Gasteiger partial charge on any atom is 0.269 e. The molecule has 27 heavy (non-hydrogen) atoms. The molecule has 0 aliphatic rings. The van der Waals surface area contributed by atoms with E-state index >= 15 is 0 Å². The molecule has 2 heterocycles. The third-order valence-corrected chi connectivity index (χ3v) is 4.11. The van der Waals surface area contributed by atoms with Crippen molar-refractivity contribution in [1.82, 2.24) is 9.55 Å². The Hall–Kier alpha value is -3.30. The second-order valence-electron chi connectivity index (χ2n) is 5.45. The fraction of sp³-hybridized carbons (Fsp3) is 0.267. The van der Waals surface area contributed by atoms with Gasteiger partial charge in [-0.3, -0.25) is 13.9 Å². The van der Waals surface area contributed by atoms with Crippen LogP contribution < -0.4 is 22.8 Å². The quantitative estimate of drug-likeness (QED) is 0.437. The monoisotopic (exact) mass is 396 g/mol. The second kappa shape index (κ2) is 8.39. The standard InChI is InChI=1S/C9H13NO5S.C6H7N5/c1-3-10-8(11)4-6(2)7(9(10)12)5-16(13,14)15;7-2-3-4(8)1-5(9)11-6(3)10/h4,12H,3,5H2,1-2H3,(H,13,14,15);1H,(H6,8,9,10,11). The van der Waals surface area contributed by atoms with E-state index in [0.29, 0.717) is 5.56 Å². The summed E-state index contributed by atoms with van der Waals surface area (Å²) in [7, 11) is -4.24. The van der Waals surface area contributed by atoms with E-state index in [2.05, 4.69) is 4.98 Å². The number of nitrogens with zero attached hydrogens (tertiary/aromatic N) is 3. The Labute approximate surface area is 155 Å². The molecule has 0 aromatic carbocycles. The predicted octanol–water partition coefficient (Wildman–Crippen LogP) is -0.0301. The SMILES string of the molecule is CCn1c(O)c(CS(=O)(=O)O)c(C)cc1=O.N#Cc1c(N)cc(N)nc1N. The van der Waals surface area contributed by atoms with E-state index in [9.17, 15) is 18.3 Å². The zero-order valence-electron chi connectivity index (χ0n) is 14.7. The van der Waals surface area contributed by atoms with E-state index < -0.39 is 27.3 Å². The number of pyridine rings is 2. The Morgan fingerprint density at radius 3 is 2.33 bits per heavy atom. The molecule has 11 nitrogen and oxygen atoms in total. The van der Waals surface area contributed by atoms with Crippen LogP contribution in [0.3, 0.4) is 0 Å². The number of hydrogen-bond donors (Lipinski definition) is 5. The lowest BCUT2D eigenvalue weighted by atomic mass is 10.2. The molecule has 0 radical (unpaired) electrons. The number of aromatic hydroxyl groups is 1. The third kappa shape index (κ3) is 5.59. The van der Waals surface area contributed by atoms with Crippen molar-refractivity contribution in [3.63, 3.8) is 0 Å². The molecule has 0 bridgehead atoms. The highest BCUT2D eigenvalue weighted by Gasteiger charge is 2.17. The summed E-state index contributed by atoms with van der Waals surface area (Å²) in [6.07, 6.45) is 0.